The van der Waals surface area contributed by atoms with E-state index in [1.165, 1.54) is 4.68 Å². The Hall–Kier alpha value is -2.50. The molecule has 1 aromatic heterocycles. The Morgan fingerprint density at radius 1 is 1.20 bits per heavy atom. The first-order valence-electron chi connectivity index (χ1n) is 6.54. The molecule has 0 bridgehead atoms. The minimum absolute atomic E-state index is 0.0418. The topological polar surface area (TPSA) is 78.9 Å². The van der Waals surface area contributed by atoms with Gasteiger partial charge in [-0.3, -0.25) is 9.59 Å². The maximum atomic E-state index is 12.5. The Labute approximate surface area is 115 Å². The Bertz CT molecular complexity index is 718. The van der Waals surface area contributed by atoms with Gasteiger partial charge in [0.15, 0.2) is 5.69 Å². The van der Waals surface area contributed by atoms with Crippen LogP contribution in [0, 0.1) is 5.21 Å². The lowest BCUT2D eigenvalue weighted by molar-refractivity contribution is -0.749. The lowest BCUT2D eigenvalue weighted by atomic mass is 9.90. The molecule has 0 saturated carbocycles. The zero-order valence-electron chi connectivity index (χ0n) is 11.0. The number of carbonyl (C=O) groups is 2. The molecule has 102 valence electrons. The van der Waals surface area contributed by atoms with Crippen molar-refractivity contribution < 1.29 is 14.5 Å². The molecule has 0 spiro atoms. The van der Waals surface area contributed by atoms with E-state index >= 15 is 0 Å². The van der Waals surface area contributed by atoms with Gasteiger partial charge in [-0.1, -0.05) is 37.6 Å². The lowest BCUT2D eigenvalue weighted by Crippen LogP contribution is -2.41. The highest BCUT2D eigenvalue weighted by atomic mass is 16.5. The van der Waals surface area contributed by atoms with Gasteiger partial charge in [0.1, 0.15) is 0 Å². The van der Waals surface area contributed by atoms with Crippen molar-refractivity contribution >= 4 is 11.6 Å². The molecule has 20 heavy (non-hydrogen) atoms. The van der Waals surface area contributed by atoms with Crippen LogP contribution in [0.15, 0.2) is 24.3 Å². The zero-order valence-corrected chi connectivity index (χ0v) is 11.0. The van der Waals surface area contributed by atoms with E-state index in [-0.39, 0.29) is 23.0 Å². The predicted octanol–water partition coefficient (Wildman–Crippen LogP) is 1.09. The fourth-order valence-corrected chi connectivity index (χ4v) is 2.41. The van der Waals surface area contributed by atoms with E-state index < -0.39 is 0 Å². The van der Waals surface area contributed by atoms with E-state index in [1.807, 2.05) is 6.92 Å². The highest BCUT2D eigenvalue weighted by molar-refractivity contribution is 6.26. The molecule has 1 heterocycles. The number of hydrogen-bond donors (Lipinski definition) is 0. The average Bonchev–Trinajstić information content (AvgIpc) is 2.80. The third kappa shape index (κ3) is 1.65. The number of carbonyl (C=O) groups excluding carboxylic acids is 2. The van der Waals surface area contributed by atoms with E-state index in [4.69, 9.17) is 0 Å². The van der Waals surface area contributed by atoms with E-state index in [1.54, 1.807) is 24.3 Å². The second-order valence-corrected chi connectivity index (χ2v) is 4.73. The Balaban J connectivity index is 2.18. The van der Waals surface area contributed by atoms with Gasteiger partial charge in [-0.05, 0) is 6.42 Å². The van der Waals surface area contributed by atoms with Crippen LogP contribution in [0.25, 0.3) is 0 Å². The highest BCUT2D eigenvalue weighted by Crippen LogP contribution is 2.25. The van der Waals surface area contributed by atoms with Crippen molar-refractivity contribution in [1.29, 1.82) is 0 Å². The minimum atomic E-state index is -0.366. The first kappa shape index (κ1) is 12.5. The highest BCUT2D eigenvalue weighted by Gasteiger charge is 2.38. The van der Waals surface area contributed by atoms with Crippen LogP contribution in [-0.4, -0.2) is 21.3 Å². The van der Waals surface area contributed by atoms with Crippen molar-refractivity contribution in [3.63, 3.8) is 0 Å². The summed E-state index contributed by atoms with van der Waals surface area (Å²) in [6, 6.07) is 6.57. The van der Waals surface area contributed by atoms with Crippen LogP contribution < -0.4 is 4.96 Å². The number of ketones is 2. The Morgan fingerprint density at radius 3 is 2.50 bits per heavy atom. The van der Waals surface area contributed by atoms with Gasteiger partial charge >= 0.3 is 0 Å². The van der Waals surface area contributed by atoms with Crippen molar-refractivity contribution in [2.24, 2.45) is 0 Å². The predicted molar refractivity (Wildman–Crippen MR) is 69.4 cm³/mol. The fourth-order valence-electron chi connectivity index (χ4n) is 2.41. The number of nitrogens with zero attached hydrogens (tertiary/aromatic N) is 3. The molecule has 0 radical (unpaired) electrons. The molecule has 0 aliphatic heterocycles. The van der Waals surface area contributed by atoms with Crippen LogP contribution in [0.1, 0.15) is 51.9 Å². The largest absolute Gasteiger partial charge is 0.571 e. The van der Waals surface area contributed by atoms with E-state index in [0.717, 1.165) is 12.8 Å². The first-order valence-corrected chi connectivity index (χ1v) is 6.54. The van der Waals surface area contributed by atoms with Gasteiger partial charge in [-0.25, -0.2) is 0 Å². The Morgan fingerprint density at radius 2 is 1.85 bits per heavy atom. The number of rotatable bonds is 3. The summed E-state index contributed by atoms with van der Waals surface area (Å²) in [6.07, 6.45) is 1.62. The Kier molecular flexibility index (Phi) is 2.85. The van der Waals surface area contributed by atoms with Crippen molar-refractivity contribution in [2.75, 3.05) is 0 Å². The molecule has 0 fully saturated rings. The summed E-state index contributed by atoms with van der Waals surface area (Å²) in [7, 11) is 0. The maximum absolute atomic E-state index is 12.5. The monoisotopic (exact) mass is 271 g/mol. The van der Waals surface area contributed by atoms with Crippen molar-refractivity contribution in [3.8, 4) is 0 Å². The number of benzene rings is 1. The summed E-state index contributed by atoms with van der Waals surface area (Å²) in [4.78, 5) is 25.1. The molecule has 1 aromatic carbocycles. The van der Waals surface area contributed by atoms with Gasteiger partial charge in [-0.2, -0.15) is 0 Å². The van der Waals surface area contributed by atoms with Crippen molar-refractivity contribution in [1.82, 2.24) is 9.78 Å². The minimum Gasteiger partial charge on any atom is -0.571 e. The molecule has 0 atom stereocenters. The smallest absolute Gasteiger partial charge is 0.220 e. The third-order valence-electron chi connectivity index (χ3n) is 3.44. The molecule has 0 N–H and O–H groups in total. The van der Waals surface area contributed by atoms with E-state index in [2.05, 4.69) is 5.10 Å². The third-order valence-corrected chi connectivity index (χ3v) is 3.44. The number of unbranched alkanes of at least 4 members (excludes halogenated alkanes) is 1. The summed E-state index contributed by atoms with van der Waals surface area (Å²) in [5, 5.41) is 15.5. The lowest BCUT2D eigenvalue weighted by Gasteiger charge is -2.12. The maximum Gasteiger partial charge on any atom is 0.220 e. The van der Waals surface area contributed by atoms with Crippen LogP contribution in [0.2, 0.25) is 0 Å². The molecular weight excluding hydrogens is 258 g/mol. The normalized spacial score (nSPS) is 13.2. The van der Waals surface area contributed by atoms with Crippen LogP contribution in [0.5, 0.6) is 0 Å². The molecular formula is C14H13N3O3. The summed E-state index contributed by atoms with van der Waals surface area (Å²) >= 11 is 0. The number of fused-ring (bicyclic) bond motifs is 2. The van der Waals surface area contributed by atoms with Crippen LogP contribution in [0.4, 0.5) is 0 Å². The quantitative estimate of drug-likeness (QED) is 0.527. The summed E-state index contributed by atoms with van der Waals surface area (Å²) < 4.78 is 1.25. The zero-order chi connectivity index (χ0) is 14.3. The van der Waals surface area contributed by atoms with Gasteiger partial charge in [-0.15, -0.1) is 4.68 Å². The summed E-state index contributed by atoms with van der Waals surface area (Å²) in [6.45, 7) is 2.37. The first-order chi connectivity index (χ1) is 9.65. The molecule has 1 aliphatic rings. The van der Waals surface area contributed by atoms with Crippen molar-refractivity contribution in [2.45, 2.75) is 26.3 Å². The van der Waals surface area contributed by atoms with Crippen LogP contribution in [-0.2, 0) is 6.54 Å². The molecule has 6 heteroatoms. The fraction of sp³-hybridized carbons (Fsp3) is 0.286. The van der Waals surface area contributed by atoms with E-state index in [0.29, 0.717) is 22.6 Å². The van der Waals surface area contributed by atoms with Gasteiger partial charge < -0.3 is 5.21 Å². The molecule has 3 rings (SSSR count). The number of aromatic nitrogens is 3. The summed E-state index contributed by atoms with van der Waals surface area (Å²) in [5.41, 5.74) is 0.714. The van der Waals surface area contributed by atoms with Crippen molar-refractivity contribution in [3.05, 3.63) is 52.0 Å². The SMILES string of the molecule is CCCCn1c2c(n[n+]1[O-])C(=O)c1ccccc1C2=O. The second-order valence-electron chi connectivity index (χ2n) is 4.73. The molecule has 0 saturated heterocycles. The standard InChI is InChI=1S/C14H13N3O3/c1-2-3-8-16-12-11(15-17(16)20)13(18)9-6-4-5-7-10(9)14(12)19/h4-7H,2-3,8H2,1H3. The van der Waals surface area contributed by atoms with Crippen LogP contribution >= 0.6 is 0 Å². The van der Waals surface area contributed by atoms with E-state index in [9.17, 15) is 14.8 Å². The van der Waals surface area contributed by atoms with Gasteiger partial charge in [0.05, 0.1) is 6.54 Å². The molecule has 0 amide bonds. The van der Waals surface area contributed by atoms with Crippen LogP contribution in [0.3, 0.4) is 0 Å². The second kappa shape index (κ2) is 4.56. The molecule has 0 unspecified atom stereocenters. The molecule has 6 nitrogen and oxygen atoms in total. The molecule has 2 aromatic rings. The van der Waals surface area contributed by atoms with Gasteiger partial charge in [0.25, 0.3) is 0 Å². The number of hydrogen-bond acceptors (Lipinski definition) is 4. The average molecular weight is 271 g/mol. The van der Waals surface area contributed by atoms with Gasteiger partial charge in [0.2, 0.25) is 17.3 Å². The molecule has 1 aliphatic carbocycles. The summed E-state index contributed by atoms with van der Waals surface area (Å²) in [5.74, 6) is -0.677. The van der Waals surface area contributed by atoms with Gasteiger partial charge in [0, 0.05) is 21.2 Å².